The van der Waals surface area contributed by atoms with Crippen molar-refractivity contribution in [3.63, 3.8) is 0 Å². The Hall–Kier alpha value is -3.12. The molecule has 2 aromatic carbocycles. The number of hydrogen-bond donors (Lipinski definition) is 1. The van der Waals surface area contributed by atoms with Crippen LogP contribution in [-0.2, 0) is 11.3 Å². The Morgan fingerprint density at radius 3 is 2.70 bits per heavy atom. The Balaban J connectivity index is 1.40. The third-order valence-electron chi connectivity index (χ3n) is 5.01. The SMILES string of the molecule is Cc1ccc(CNC(=O)CCCN2C(=O)c3ccccc3Sc3ncccc32)cc1. The van der Waals surface area contributed by atoms with Crippen LogP contribution in [0.15, 0.2) is 76.8 Å². The van der Waals surface area contributed by atoms with Crippen molar-refractivity contribution in [2.75, 3.05) is 11.4 Å². The summed E-state index contributed by atoms with van der Waals surface area (Å²) in [4.78, 5) is 32.6. The molecule has 0 aliphatic carbocycles. The summed E-state index contributed by atoms with van der Waals surface area (Å²) in [5, 5.41) is 3.76. The van der Waals surface area contributed by atoms with Crippen LogP contribution in [0, 0.1) is 6.92 Å². The van der Waals surface area contributed by atoms with Crippen molar-refractivity contribution in [2.45, 2.75) is 36.2 Å². The molecule has 5 nitrogen and oxygen atoms in total. The molecule has 0 fully saturated rings. The van der Waals surface area contributed by atoms with Gasteiger partial charge in [-0.05, 0) is 43.2 Å². The van der Waals surface area contributed by atoms with Gasteiger partial charge in [-0.25, -0.2) is 4.98 Å². The largest absolute Gasteiger partial charge is 0.352 e. The number of carbonyl (C=O) groups is 2. The fourth-order valence-electron chi connectivity index (χ4n) is 3.37. The van der Waals surface area contributed by atoms with E-state index >= 15 is 0 Å². The van der Waals surface area contributed by atoms with Gasteiger partial charge in [0.1, 0.15) is 5.03 Å². The van der Waals surface area contributed by atoms with E-state index in [2.05, 4.69) is 10.3 Å². The monoisotopic (exact) mass is 417 g/mol. The lowest BCUT2D eigenvalue weighted by Crippen LogP contribution is -2.33. The second kappa shape index (κ2) is 9.13. The Kier molecular flexibility index (Phi) is 6.14. The molecule has 0 unspecified atom stereocenters. The zero-order valence-electron chi connectivity index (χ0n) is 16.8. The lowest BCUT2D eigenvalue weighted by molar-refractivity contribution is -0.121. The molecule has 4 rings (SSSR count). The molecule has 3 aromatic rings. The molecule has 0 bridgehead atoms. The van der Waals surface area contributed by atoms with Crippen LogP contribution < -0.4 is 10.2 Å². The van der Waals surface area contributed by atoms with E-state index < -0.39 is 0 Å². The molecule has 6 heteroatoms. The molecule has 152 valence electrons. The number of pyridine rings is 1. The minimum absolute atomic E-state index is 0.0148. The van der Waals surface area contributed by atoms with Crippen LogP contribution in [0.1, 0.15) is 34.3 Å². The minimum Gasteiger partial charge on any atom is -0.352 e. The maximum Gasteiger partial charge on any atom is 0.259 e. The van der Waals surface area contributed by atoms with E-state index in [9.17, 15) is 9.59 Å². The molecule has 0 saturated carbocycles. The standard InChI is InChI=1S/C24H23N3O2S/c1-17-10-12-18(13-11-17)16-26-22(28)9-5-15-27-20-7-4-14-25-23(20)30-21-8-3-2-6-19(21)24(27)29/h2-4,6-8,10-14H,5,9,15-16H2,1H3,(H,26,28). The Morgan fingerprint density at radius 1 is 1.07 bits per heavy atom. The number of hydrogen-bond acceptors (Lipinski definition) is 4. The average molecular weight is 418 g/mol. The smallest absolute Gasteiger partial charge is 0.259 e. The number of aromatic nitrogens is 1. The van der Waals surface area contributed by atoms with E-state index in [1.54, 1.807) is 11.1 Å². The number of carbonyl (C=O) groups excluding carboxylic acids is 2. The predicted molar refractivity (Wildman–Crippen MR) is 119 cm³/mol. The van der Waals surface area contributed by atoms with Gasteiger partial charge >= 0.3 is 0 Å². The second-order valence-electron chi connectivity index (χ2n) is 7.25. The maximum atomic E-state index is 13.2. The quantitative estimate of drug-likeness (QED) is 0.637. The van der Waals surface area contributed by atoms with Crippen molar-refractivity contribution in [3.8, 4) is 0 Å². The number of aryl methyl sites for hydroxylation is 1. The number of anilines is 1. The molecule has 2 amide bonds. The van der Waals surface area contributed by atoms with Gasteiger partial charge in [0.15, 0.2) is 0 Å². The lowest BCUT2D eigenvalue weighted by atomic mass is 10.1. The van der Waals surface area contributed by atoms with Crippen LogP contribution in [0.5, 0.6) is 0 Å². The van der Waals surface area contributed by atoms with E-state index in [-0.39, 0.29) is 11.8 Å². The molecule has 0 saturated heterocycles. The van der Waals surface area contributed by atoms with Gasteiger partial charge in [0.2, 0.25) is 5.91 Å². The first-order valence-corrected chi connectivity index (χ1v) is 10.8. The van der Waals surface area contributed by atoms with Crippen LogP contribution in [0.4, 0.5) is 5.69 Å². The molecule has 1 aromatic heterocycles. The van der Waals surface area contributed by atoms with Crippen LogP contribution >= 0.6 is 11.8 Å². The number of amides is 2. The van der Waals surface area contributed by atoms with Crippen LogP contribution in [0.25, 0.3) is 0 Å². The summed E-state index contributed by atoms with van der Waals surface area (Å²) in [7, 11) is 0. The summed E-state index contributed by atoms with van der Waals surface area (Å²) in [6.07, 6.45) is 2.67. The molecule has 1 aliphatic rings. The fraction of sp³-hybridized carbons (Fsp3) is 0.208. The van der Waals surface area contributed by atoms with E-state index in [0.29, 0.717) is 31.5 Å². The van der Waals surface area contributed by atoms with Crippen molar-refractivity contribution >= 4 is 29.3 Å². The highest BCUT2D eigenvalue weighted by Gasteiger charge is 2.27. The van der Waals surface area contributed by atoms with Gasteiger partial charge in [-0.15, -0.1) is 0 Å². The first kappa shape index (κ1) is 20.2. The van der Waals surface area contributed by atoms with Gasteiger partial charge < -0.3 is 10.2 Å². The van der Waals surface area contributed by atoms with E-state index in [1.165, 1.54) is 17.3 Å². The summed E-state index contributed by atoms with van der Waals surface area (Å²) in [5.41, 5.74) is 3.74. The average Bonchev–Trinajstić information content (AvgIpc) is 2.88. The first-order valence-electron chi connectivity index (χ1n) is 9.98. The summed E-state index contributed by atoms with van der Waals surface area (Å²) in [5.74, 6) is -0.0658. The first-order chi connectivity index (χ1) is 14.6. The number of benzene rings is 2. The van der Waals surface area contributed by atoms with Crippen LogP contribution in [0.3, 0.4) is 0 Å². The molecule has 30 heavy (non-hydrogen) atoms. The Morgan fingerprint density at radius 2 is 1.87 bits per heavy atom. The van der Waals surface area contributed by atoms with Crippen LogP contribution in [-0.4, -0.2) is 23.3 Å². The van der Waals surface area contributed by atoms with E-state index in [0.717, 1.165) is 21.2 Å². The molecular formula is C24H23N3O2S. The van der Waals surface area contributed by atoms with Crippen molar-refractivity contribution in [1.82, 2.24) is 10.3 Å². The van der Waals surface area contributed by atoms with Crippen molar-refractivity contribution in [3.05, 3.63) is 83.6 Å². The van der Waals surface area contributed by atoms with Gasteiger partial charge in [-0.2, -0.15) is 0 Å². The highest BCUT2D eigenvalue weighted by molar-refractivity contribution is 7.99. The highest BCUT2D eigenvalue weighted by atomic mass is 32.2. The van der Waals surface area contributed by atoms with Crippen molar-refractivity contribution in [2.24, 2.45) is 0 Å². The van der Waals surface area contributed by atoms with Crippen LogP contribution in [0.2, 0.25) is 0 Å². The Labute approximate surface area is 180 Å². The minimum atomic E-state index is -0.0510. The van der Waals surface area contributed by atoms with E-state index in [1.807, 2.05) is 67.6 Å². The topological polar surface area (TPSA) is 62.3 Å². The molecule has 0 spiro atoms. The molecule has 1 aliphatic heterocycles. The third kappa shape index (κ3) is 4.54. The number of nitrogens with zero attached hydrogens (tertiary/aromatic N) is 2. The van der Waals surface area contributed by atoms with Crippen molar-refractivity contribution < 1.29 is 9.59 Å². The molecule has 0 atom stereocenters. The number of fused-ring (bicyclic) bond motifs is 2. The van der Waals surface area contributed by atoms with Gasteiger partial charge in [-0.1, -0.05) is 53.7 Å². The van der Waals surface area contributed by atoms with Gasteiger partial charge in [0.05, 0.1) is 11.3 Å². The Bertz CT molecular complexity index is 1070. The van der Waals surface area contributed by atoms with Gasteiger partial charge in [0, 0.05) is 30.6 Å². The number of rotatable bonds is 6. The van der Waals surface area contributed by atoms with Gasteiger partial charge in [0.25, 0.3) is 5.91 Å². The van der Waals surface area contributed by atoms with Crippen molar-refractivity contribution in [1.29, 1.82) is 0 Å². The summed E-state index contributed by atoms with van der Waals surface area (Å²) < 4.78 is 0. The lowest BCUT2D eigenvalue weighted by Gasteiger charge is -2.22. The summed E-state index contributed by atoms with van der Waals surface area (Å²) in [6, 6.07) is 19.4. The summed E-state index contributed by atoms with van der Waals surface area (Å²) in [6.45, 7) is 3.01. The maximum absolute atomic E-state index is 13.2. The fourth-order valence-corrected chi connectivity index (χ4v) is 4.39. The predicted octanol–water partition coefficient (Wildman–Crippen LogP) is 4.60. The molecule has 2 heterocycles. The molecular weight excluding hydrogens is 394 g/mol. The third-order valence-corrected chi connectivity index (χ3v) is 6.09. The molecule has 0 radical (unpaired) electrons. The van der Waals surface area contributed by atoms with Gasteiger partial charge in [-0.3, -0.25) is 9.59 Å². The zero-order chi connectivity index (χ0) is 20.9. The van der Waals surface area contributed by atoms with E-state index in [4.69, 9.17) is 0 Å². The highest BCUT2D eigenvalue weighted by Crippen LogP contribution is 2.39. The summed E-state index contributed by atoms with van der Waals surface area (Å²) >= 11 is 1.50. The zero-order valence-corrected chi connectivity index (χ0v) is 17.6. The molecule has 1 N–H and O–H groups in total. The normalized spacial score (nSPS) is 12.7. The number of nitrogens with one attached hydrogen (secondary N) is 1. The second-order valence-corrected chi connectivity index (χ2v) is 8.28.